The third-order valence-corrected chi connectivity index (χ3v) is 1.64. The Kier molecular flexibility index (Phi) is 5.21. The second kappa shape index (κ2) is 6.53. The molecule has 1 heterocycles. The predicted molar refractivity (Wildman–Crippen MR) is 50.5 cm³/mol. The summed E-state index contributed by atoms with van der Waals surface area (Å²) < 4.78 is 15.2. The molecule has 1 aromatic rings. The van der Waals surface area contributed by atoms with Gasteiger partial charge in [0.1, 0.15) is 12.3 Å². The SMILES string of the molecule is COCc1cc(COCCCN)no1. The molecular formula is C9H16N2O3. The lowest BCUT2D eigenvalue weighted by atomic mass is 10.4. The van der Waals surface area contributed by atoms with E-state index < -0.39 is 0 Å². The molecule has 80 valence electrons. The first-order valence-corrected chi connectivity index (χ1v) is 4.58. The van der Waals surface area contributed by atoms with Crippen LogP contribution in [-0.2, 0) is 22.7 Å². The highest BCUT2D eigenvalue weighted by molar-refractivity contribution is 5.03. The summed E-state index contributed by atoms with van der Waals surface area (Å²) in [5.41, 5.74) is 6.11. The van der Waals surface area contributed by atoms with Gasteiger partial charge in [-0.3, -0.25) is 0 Å². The normalized spacial score (nSPS) is 10.7. The Labute approximate surface area is 83.2 Å². The zero-order valence-corrected chi connectivity index (χ0v) is 8.36. The molecule has 0 amide bonds. The second-order valence-electron chi connectivity index (χ2n) is 2.91. The summed E-state index contributed by atoms with van der Waals surface area (Å²) in [6.45, 7) is 2.21. The van der Waals surface area contributed by atoms with Gasteiger partial charge in [-0.2, -0.15) is 0 Å². The van der Waals surface area contributed by atoms with E-state index >= 15 is 0 Å². The first-order chi connectivity index (χ1) is 6.86. The number of methoxy groups -OCH3 is 1. The van der Waals surface area contributed by atoms with E-state index in [1.54, 1.807) is 7.11 Å². The Hall–Kier alpha value is -0.910. The quantitative estimate of drug-likeness (QED) is 0.655. The smallest absolute Gasteiger partial charge is 0.162 e. The van der Waals surface area contributed by atoms with Crippen molar-refractivity contribution >= 4 is 0 Å². The summed E-state index contributed by atoms with van der Waals surface area (Å²) in [6.07, 6.45) is 0.864. The van der Waals surface area contributed by atoms with Crippen LogP contribution < -0.4 is 5.73 Å². The molecule has 0 radical (unpaired) electrons. The molecule has 0 aliphatic rings. The fourth-order valence-electron chi connectivity index (χ4n) is 0.996. The third-order valence-electron chi connectivity index (χ3n) is 1.64. The number of hydrogen-bond donors (Lipinski definition) is 1. The highest BCUT2D eigenvalue weighted by Crippen LogP contribution is 2.05. The van der Waals surface area contributed by atoms with E-state index in [9.17, 15) is 0 Å². The Morgan fingerprint density at radius 1 is 1.50 bits per heavy atom. The molecule has 5 heteroatoms. The van der Waals surface area contributed by atoms with E-state index in [0.29, 0.717) is 32.1 Å². The second-order valence-corrected chi connectivity index (χ2v) is 2.91. The van der Waals surface area contributed by atoms with Gasteiger partial charge < -0.3 is 19.7 Å². The molecule has 0 atom stereocenters. The molecule has 2 N–H and O–H groups in total. The van der Waals surface area contributed by atoms with Gasteiger partial charge in [0, 0.05) is 19.8 Å². The number of hydrogen-bond acceptors (Lipinski definition) is 5. The van der Waals surface area contributed by atoms with Crippen LogP contribution in [0, 0.1) is 0 Å². The Bertz CT molecular complexity index is 250. The molecule has 14 heavy (non-hydrogen) atoms. The van der Waals surface area contributed by atoms with Crippen molar-refractivity contribution in [3.8, 4) is 0 Å². The molecule has 0 saturated carbocycles. The van der Waals surface area contributed by atoms with Gasteiger partial charge in [0.05, 0.1) is 6.61 Å². The molecule has 1 rings (SSSR count). The van der Waals surface area contributed by atoms with Gasteiger partial charge in [-0.1, -0.05) is 5.16 Å². The van der Waals surface area contributed by atoms with E-state index in [1.807, 2.05) is 6.07 Å². The van der Waals surface area contributed by atoms with Crippen molar-refractivity contribution in [1.29, 1.82) is 0 Å². The van der Waals surface area contributed by atoms with Crippen LogP contribution >= 0.6 is 0 Å². The fraction of sp³-hybridized carbons (Fsp3) is 0.667. The molecule has 0 spiro atoms. The number of nitrogens with zero attached hydrogens (tertiary/aromatic N) is 1. The standard InChI is InChI=1S/C9H16N2O3/c1-12-7-9-5-8(11-14-9)6-13-4-2-3-10/h5H,2-4,6-7,10H2,1H3. The molecule has 0 aliphatic heterocycles. The zero-order valence-electron chi connectivity index (χ0n) is 8.36. The van der Waals surface area contributed by atoms with E-state index in [1.165, 1.54) is 0 Å². The van der Waals surface area contributed by atoms with Gasteiger partial charge in [-0.15, -0.1) is 0 Å². The molecule has 5 nitrogen and oxygen atoms in total. The van der Waals surface area contributed by atoms with E-state index in [-0.39, 0.29) is 0 Å². The van der Waals surface area contributed by atoms with Gasteiger partial charge in [0.15, 0.2) is 5.76 Å². The van der Waals surface area contributed by atoms with Crippen LogP contribution in [0.1, 0.15) is 17.9 Å². The van der Waals surface area contributed by atoms with Crippen molar-refractivity contribution in [3.05, 3.63) is 17.5 Å². The van der Waals surface area contributed by atoms with E-state index in [2.05, 4.69) is 5.16 Å². The van der Waals surface area contributed by atoms with E-state index in [0.717, 1.165) is 12.1 Å². The predicted octanol–water partition coefficient (Wildman–Crippen LogP) is 0.686. The number of nitrogens with two attached hydrogens (primary N) is 1. The minimum Gasteiger partial charge on any atom is -0.377 e. The average molecular weight is 200 g/mol. The molecule has 0 unspecified atom stereocenters. The van der Waals surface area contributed by atoms with Crippen LogP contribution in [0.25, 0.3) is 0 Å². The zero-order chi connectivity index (χ0) is 10.2. The lowest BCUT2D eigenvalue weighted by Crippen LogP contribution is -2.04. The Balaban J connectivity index is 2.22. The Morgan fingerprint density at radius 3 is 3.07 bits per heavy atom. The first-order valence-electron chi connectivity index (χ1n) is 4.58. The van der Waals surface area contributed by atoms with Crippen LogP contribution in [0.5, 0.6) is 0 Å². The summed E-state index contributed by atoms with van der Waals surface area (Å²) >= 11 is 0. The van der Waals surface area contributed by atoms with Crippen molar-refractivity contribution in [2.24, 2.45) is 5.73 Å². The maximum atomic E-state index is 5.32. The lowest BCUT2D eigenvalue weighted by molar-refractivity contribution is 0.114. The van der Waals surface area contributed by atoms with Crippen LogP contribution in [0.15, 0.2) is 10.6 Å². The van der Waals surface area contributed by atoms with Crippen molar-refractivity contribution in [3.63, 3.8) is 0 Å². The van der Waals surface area contributed by atoms with Gasteiger partial charge in [0.2, 0.25) is 0 Å². The van der Waals surface area contributed by atoms with Crippen molar-refractivity contribution < 1.29 is 14.0 Å². The largest absolute Gasteiger partial charge is 0.377 e. The van der Waals surface area contributed by atoms with Crippen molar-refractivity contribution in [2.45, 2.75) is 19.6 Å². The van der Waals surface area contributed by atoms with Crippen LogP contribution in [0.4, 0.5) is 0 Å². The van der Waals surface area contributed by atoms with Crippen molar-refractivity contribution in [2.75, 3.05) is 20.3 Å². The first kappa shape index (κ1) is 11.2. The molecule has 1 aromatic heterocycles. The van der Waals surface area contributed by atoms with Crippen LogP contribution in [0.3, 0.4) is 0 Å². The minimum absolute atomic E-state index is 0.440. The van der Waals surface area contributed by atoms with Gasteiger partial charge in [-0.05, 0) is 13.0 Å². The molecule has 0 aromatic carbocycles. The number of rotatable bonds is 7. The molecule has 0 saturated heterocycles. The summed E-state index contributed by atoms with van der Waals surface area (Å²) in [6, 6.07) is 1.83. The minimum atomic E-state index is 0.440. The molecule has 0 aliphatic carbocycles. The highest BCUT2D eigenvalue weighted by Gasteiger charge is 2.03. The van der Waals surface area contributed by atoms with E-state index in [4.69, 9.17) is 19.7 Å². The summed E-state index contributed by atoms with van der Waals surface area (Å²) in [5, 5.41) is 3.82. The van der Waals surface area contributed by atoms with Crippen molar-refractivity contribution in [1.82, 2.24) is 5.16 Å². The summed E-state index contributed by atoms with van der Waals surface area (Å²) in [7, 11) is 1.61. The summed E-state index contributed by atoms with van der Waals surface area (Å²) in [5.74, 6) is 0.713. The topological polar surface area (TPSA) is 70.5 Å². The van der Waals surface area contributed by atoms with Gasteiger partial charge in [-0.25, -0.2) is 0 Å². The number of ether oxygens (including phenoxy) is 2. The summed E-state index contributed by atoms with van der Waals surface area (Å²) in [4.78, 5) is 0. The fourth-order valence-corrected chi connectivity index (χ4v) is 0.996. The molecule has 0 bridgehead atoms. The monoisotopic (exact) mass is 200 g/mol. The lowest BCUT2D eigenvalue weighted by Gasteiger charge is -1.98. The highest BCUT2D eigenvalue weighted by atomic mass is 16.5. The van der Waals surface area contributed by atoms with Gasteiger partial charge >= 0.3 is 0 Å². The number of aromatic nitrogens is 1. The third kappa shape index (κ3) is 3.87. The molecule has 0 fully saturated rings. The maximum absolute atomic E-state index is 5.32. The Morgan fingerprint density at radius 2 is 2.36 bits per heavy atom. The molecular weight excluding hydrogens is 184 g/mol. The van der Waals surface area contributed by atoms with Crippen LogP contribution in [-0.4, -0.2) is 25.4 Å². The van der Waals surface area contributed by atoms with Crippen LogP contribution in [0.2, 0.25) is 0 Å². The maximum Gasteiger partial charge on any atom is 0.162 e. The average Bonchev–Trinajstić information content (AvgIpc) is 2.61. The van der Waals surface area contributed by atoms with Gasteiger partial charge in [0.25, 0.3) is 0 Å².